The van der Waals surface area contributed by atoms with Crippen LogP contribution in [0.5, 0.6) is 0 Å². The van der Waals surface area contributed by atoms with E-state index in [1.54, 1.807) is 7.11 Å². The Hall–Kier alpha value is -1.42. The molecule has 0 aliphatic carbocycles. The molecule has 2 atom stereocenters. The fourth-order valence-electron chi connectivity index (χ4n) is 3.17. The number of hydrogen-bond acceptors (Lipinski definition) is 7. The number of methoxy groups -OCH3 is 2. The average molecular weight is 360 g/mol. The quantitative estimate of drug-likeness (QED) is 0.773. The van der Waals surface area contributed by atoms with Gasteiger partial charge in [0.15, 0.2) is 0 Å². The molecule has 0 amide bonds. The summed E-state index contributed by atoms with van der Waals surface area (Å²) in [4.78, 5) is 11.9. The maximum Gasteiger partial charge on any atom is 0.342 e. The van der Waals surface area contributed by atoms with Crippen molar-refractivity contribution in [2.24, 2.45) is 5.73 Å². The molecule has 0 aromatic carbocycles. The first-order valence-electron chi connectivity index (χ1n) is 7.70. The smallest absolute Gasteiger partial charge is 0.342 e. The lowest BCUT2D eigenvalue weighted by Gasteiger charge is -2.37. The minimum absolute atomic E-state index is 0.0303. The van der Waals surface area contributed by atoms with E-state index >= 15 is 0 Å². The molecule has 1 saturated heterocycles. The Morgan fingerprint density at radius 1 is 1.33 bits per heavy atom. The van der Waals surface area contributed by atoms with Gasteiger partial charge in [0.2, 0.25) is 10.0 Å². The Kier molecular flexibility index (Phi) is 5.69. The van der Waals surface area contributed by atoms with E-state index in [0.29, 0.717) is 12.8 Å². The van der Waals surface area contributed by atoms with E-state index in [4.69, 9.17) is 19.6 Å². The van der Waals surface area contributed by atoms with E-state index < -0.39 is 22.0 Å². The molecule has 2 heterocycles. The number of hydrogen-bond donors (Lipinski definition) is 1. The van der Waals surface area contributed by atoms with Gasteiger partial charge in [0.05, 0.1) is 13.2 Å². The highest BCUT2D eigenvalue weighted by Gasteiger charge is 2.41. The first-order chi connectivity index (χ1) is 11.3. The first-order valence-corrected chi connectivity index (χ1v) is 9.14. The molecule has 2 rings (SSSR count). The van der Waals surface area contributed by atoms with Gasteiger partial charge in [0.1, 0.15) is 22.0 Å². The fraction of sp³-hybridized carbons (Fsp3) is 0.667. The maximum atomic E-state index is 13.2. The Bertz CT molecular complexity index is 712. The van der Waals surface area contributed by atoms with E-state index in [1.807, 2.05) is 0 Å². The number of esters is 1. The summed E-state index contributed by atoms with van der Waals surface area (Å²) in [5.41, 5.74) is 5.72. The number of piperidine rings is 1. The van der Waals surface area contributed by atoms with Gasteiger partial charge < -0.3 is 19.6 Å². The lowest BCUT2D eigenvalue weighted by Crippen LogP contribution is -2.51. The third kappa shape index (κ3) is 3.21. The second kappa shape index (κ2) is 7.22. The van der Waals surface area contributed by atoms with Crippen molar-refractivity contribution in [2.45, 2.75) is 43.7 Å². The Labute approximate surface area is 141 Å². The molecule has 2 N–H and O–H groups in total. The van der Waals surface area contributed by atoms with Crippen molar-refractivity contribution >= 4 is 16.0 Å². The molecular weight excluding hydrogens is 336 g/mol. The highest BCUT2D eigenvalue weighted by molar-refractivity contribution is 7.89. The molecule has 2 unspecified atom stereocenters. The van der Waals surface area contributed by atoms with Gasteiger partial charge in [-0.05, 0) is 26.7 Å². The summed E-state index contributed by atoms with van der Waals surface area (Å²) in [6.07, 6.45) is 1.04. The maximum absolute atomic E-state index is 13.2. The molecule has 9 heteroatoms. The molecule has 0 spiro atoms. The number of aryl methyl sites for hydroxylation is 2. The van der Waals surface area contributed by atoms with E-state index in [1.165, 1.54) is 25.3 Å². The monoisotopic (exact) mass is 360 g/mol. The number of nitrogens with zero attached hydrogens (tertiary/aromatic N) is 1. The molecule has 0 radical (unpaired) electrons. The molecular formula is C15H24N2O6S. The summed E-state index contributed by atoms with van der Waals surface area (Å²) < 4.78 is 43.2. The number of nitrogens with two attached hydrogens (primary N) is 1. The highest BCUT2D eigenvalue weighted by atomic mass is 32.2. The molecule has 0 bridgehead atoms. The lowest BCUT2D eigenvalue weighted by molar-refractivity contribution is 0.0400. The van der Waals surface area contributed by atoms with Crippen molar-refractivity contribution in [1.29, 1.82) is 0 Å². The largest absolute Gasteiger partial charge is 0.465 e. The minimum Gasteiger partial charge on any atom is -0.465 e. The van der Waals surface area contributed by atoms with Crippen LogP contribution in [0, 0.1) is 13.8 Å². The third-order valence-corrected chi connectivity index (χ3v) is 6.49. The summed E-state index contributed by atoms with van der Waals surface area (Å²) in [6, 6.07) is -0.395. The Balaban J connectivity index is 2.49. The van der Waals surface area contributed by atoms with Gasteiger partial charge in [-0.1, -0.05) is 0 Å². The topological polar surface area (TPSA) is 112 Å². The third-order valence-electron chi connectivity index (χ3n) is 4.38. The zero-order chi connectivity index (χ0) is 18.1. The van der Waals surface area contributed by atoms with Crippen molar-refractivity contribution in [3.63, 3.8) is 0 Å². The number of furan rings is 1. The fourth-order valence-corrected chi connectivity index (χ4v) is 5.20. The van der Waals surface area contributed by atoms with Crippen molar-refractivity contribution in [3.8, 4) is 0 Å². The van der Waals surface area contributed by atoms with Crippen LogP contribution in [-0.4, -0.2) is 58.1 Å². The van der Waals surface area contributed by atoms with E-state index in [2.05, 4.69) is 0 Å². The zero-order valence-electron chi connectivity index (χ0n) is 14.4. The van der Waals surface area contributed by atoms with Crippen LogP contribution < -0.4 is 5.73 Å². The Morgan fingerprint density at radius 3 is 2.54 bits per heavy atom. The van der Waals surface area contributed by atoms with Crippen LogP contribution in [0.25, 0.3) is 0 Å². The number of rotatable bonds is 5. The molecule has 1 aromatic heterocycles. The van der Waals surface area contributed by atoms with Crippen LogP contribution in [0.4, 0.5) is 0 Å². The average Bonchev–Trinajstić information content (AvgIpc) is 2.88. The van der Waals surface area contributed by atoms with Gasteiger partial charge in [0.25, 0.3) is 0 Å². The zero-order valence-corrected chi connectivity index (χ0v) is 15.2. The molecule has 1 aromatic rings. The Morgan fingerprint density at radius 2 is 2.00 bits per heavy atom. The predicted molar refractivity (Wildman–Crippen MR) is 86.3 cm³/mol. The van der Waals surface area contributed by atoms with Crippen molar-refractivity contribution in [2.75, 3.05) is 27.3 Å². The SMILES string of the molecule is COC(=O)c1c(C)oc(C)c1S(=O)(=O)N1CCC(OC)CC1CN. The van der Waals surface area contributed by atoms with Crippen LogP contribution in [0.3, 0.4) is 0 Å². The number of carbonyl (C=O) groups is 1. The number of carbonyl (C=O) groups excluding carboxylic acids is 1. The van der Waals surface area contributed by atoms with Crippen molar-refractivity contribution < 1.29 is 27.1 Å². The van der Waals surface area contributed by atoms with Gasteiger partial charge in [-0.2, -0.15) is 4.31 Å². The van der Waals surface area contributed by atoms with E-state index in [0.717, 1.165) is 0 Å². The molecule has 136 valence electrons. The van der Waals surface area contributed by atoms with Crippen LogP contribution >= 0.6 is 0 Å². The normalized spacial score (nSPS) is 22.5. The second-order valence-electron chi connectivity index (χ2n) is 5.80. The second-order valence-corrected chi connectivity index (χ2v) is 7.62. The molecule has 1 aliphatic rings. The number of sulfonamides is 1. The van der Waals surface area contributed by atoms with Gasteiger partial charge in [0, 0.05) is 26.2 Å². The summed E-state index contributed by atoms with van der Waals surface area (Å²) in [7, 11) is -1.15. The van der Waals surface area contributed by atoms with Crippen LogP contribution in [0.1, 0.15) is 34.7 Å². The van der Waals surface area contributed by atoms with Gasteiger partial charge >= 0.3 is 5.97 Å². The van der Waals surface area contributed by atoms with Gasteiger partial charge in [-0.15, -0.1) is 0 Å². The first kappa shape index (κ1) is 18.9. The summed E-state index contributed by atoms with van der Waals surface area (Å²) in [6.45, 7) is 3.50. The van der Waals surface area contributed by atoms with Crippen LogP contribution in [0.2, 0.25) is 0 Å². The van der Waals surface area contributed by atoms with Crippen LogP contribution in [-0.2, 0) is 19.5 Å². The summed E-state index contributed by atoms with van der Waals surface area (Å²) >= 11 is 0. The molecule has 1 fully saturated rings. The molecule has 1 aliphatic heterocycles. The lowest BCUT2D eigenvalue weighted by atomic mass is 10.0. The van der Waals surface area contributed by atoms with E-state index in [9.17, 15) is 13.2 Å². The highest BCUT2D eigenvalue weighted by Crippen LogP contribution is 2.33. The van der Waals surface area contributed by atoms with Gasteiger partial charge in [-0.25, -0.2) is 13.2 Å². The molecule has 0 saturated carbocycles. The minimum atomic E-state index is -3.95. The molecule has 24 heavy (non-hydrogen) atoms. The van der Waals surface area contributed by atoms with Crippen LogP contribution in [0.15, 0.2) is 9.31 Å². The van der Waals surface area contributed by atoms with Gasteiger partial charge in [-0.3, -0.25) is 0 Å². The predicted octanol–water partition coefficient (Wildman–Crippen LogP) is 0.810. The standard InChI is InChI=1S/C15H24N2O6S/c1-9-13(15(18)22-4)14(10(2)23-9)24(19,20)17-6-5-12(21-3)7-11(17)8-16/h11-12H,5-8,16H2,1-4H3. The van der Waals surface area contributed by atoms with Crippen molar-refractivity contribution in [3.05, 3.63) is 17.1 Å². The summed E-state index contributed by atoms with van der Waals surface area (Å²) in [5, 5.41) is 0. The van der Waals surface area contributed by atoms with E-state index in [-0.39, 0.29) is 41.2 Å². The number of ether oxygens (including phenoxy) is 2. The summed E-state index contributed by atoms with van der Waals surface area (Å²) in [5.74, 6) is -0.356. The molecule has 8 nitrogen and oxygen atoms in total. The van der Waals surface area contributed by atoms with Crippen molar-refractivity contribution in [1.82, 2.24) is 4.31 Å².